The van der Waals surface area contributed by atoms with Crippen molar-refractivity contribution in [2.24, 2.45) is 0 Å². The summed E-state index contributed by atoms with van der Waals surface area (Å²) in [6.45, 7) is 3.37. The van der Waals surface area contributed by atoms with Gasteiger partial charge in [0.25, 0.3) is 5.91 Å². The van der Waals surface area contributed by atoms with Crippen LogP contribution in [0.3, 0.4) is 0 Å². The zero-order valence-electron chi connectivity index (χ0n) is 15.6. The molecule has 10 nitrogen and oxygen atoms in total. The lowest BCUT2D eigenvalue weighted by molar-refractivity contribution is 0.0598. The molecule has 4 aromatic heterocycles. The van der Waals surface area contributed by atoms with E-state index in [2.05, 4.69) is 20.0 Å². The summed E-state index contributed by atoms with van der Waals surface area (Å²) in [6.07, 6.45) is 4.82. The van der Waals surface area contributed by atoms with Gasteiger partial charge in [-0.1, -0.05) is 0 Å². The van der Waals surface area contributed by atoms with E-state index in [0.29, 0.717) is 42.6 Å². The Morgan fingerprint density at radius 1 is 1.10 bits per heavy atom. The molecule has 0 radical (unpaired) electrons. The summed E-state index contributed by atoms with van der Waals surface area (Å²) in [4.78, 5) is 25.3. The van der Waals surface area contributed by atoms with Crippen LogP contribution in [0.4, 0.5) is 5.95 Å². The van der Waals surface area contributed by atoms with E-state index in [-0.39, 0.29) is 11.9 Å². The number of hydrogen-bond acceptors (Lipinski definition) is 8. The first-order chi connectivity index (χ1) is 14.2. The molecule has 0 aliphatic carbocycles. The summed E-state index contributed by atoms with van der Waals surface area (Å²) in [5.74, 6) is 1.60. The topological polar surface area (TPSA) is 119 Å². The van der Waals surface area contributed by atoms with Crippen LogP contribution in [-0.2, 0) is 6.54 Å². The van der Waals surface area contributed by atoms with Crippen molar-refractivity contribution in [3.8, 4) is 11.6 Å². The van der Waals surface area contributed by atoms with Gasteiger partial charge in [0.1, 0.15) is 0 Å². The average molecular weight is 393 g/mol. The van der Waals surface area contributed by atoms with Crippen molar-refractivity contribution in [1.29, 1.82) is 0 Å². The number of piperazine rings is 1. The Labute approximate surface area is 165 Å². The maximum absolute atomic E-state index is 12.4. The molecule has 148 valence electrons. The van der Waals surface area contributed by atoms with Crippen LogP contribution < -0.4 is 5.73 Å². The van der Waals surface area contributed by atoms with Crippen LogP contribution in [0.25, 0.3) is 17.2 Å². The van der Waals surface area contributed by atoms with Crippen molar-refractivity contribution >= 4 is 17.5 Å². The normalized spacial score (nSPS) is 15.2. The van der Waals surface area contributed by atoms with Crippen molar-refractivity contribution in [1.82, 2.24) is 29.4 Å². The number of amides is 1. The van der Waals surface area contributed by atoms with Gasteiger partial charge in [0.2, 0.25) is 11.8 Å². The molecule has 0 saturated carbocycles. The molecule has 0 bridgehead atoms. The second-order valence-corrected chi connectivity index (χ2v) is 6.84. The van der Waals surface area contributed by atoms with Crippen LogP contribution >= 0.6 is 0 Å². The maximum Gasteiger partial charge on any atom is 0.289 e. The number of anilines is 1. The number of aromatic nitrogens is 4. The molecule has 5 rings (SSSR count). The minimum atomic E-state index is -0.0771. The second-order valence-electron chi connectivity index (χ2n) is 6.84. The van der Waals surface area contributed by atoms with Crippen LogP contribution in [0.5, 0.6) is 0 Å². The highest BCUT2D eigenvalue weighted by Crippen LogP contribution is 2.21. The van der Waals surface area contributed by atoms with Gasteiger partial charge in [-0.15, -0.1) is 5.10 Å². The summed E-state index contributed by atoms with van der Waals surface area (Å²) in [7, 11) is 0. The summed E-state index contributed by atoms with van der Waals surface area (Å²) in [5, 5.41) is 4.41. The first kappa shape index (κ1) is 17.4. The first-order valence-corrected chi connectivity index (χ1v) is 9.28. The molecular formula is C19H19N7O3. The van der Waals surface area contributed by atoms with E-state index in [1.54, 1.807) is 41.6 Å². The van der Waals surface area contributed by atoms with E-state index in [1.807, 2.05) is 0 Å². The zero-order valence-corrected chi connectivity index (χ0v) is 15.6. The fourth-order valence-corrected chi connectivity index (χ4v) is 3.46. The number of hydrogen-bond donors (Lipinski definition) is 1. The highest BCUT2D eigenvalue weighted by Gasteiger charge is 2.24. The van der Waals surface area contributed by atoms with Crippen molar-refractivity contribution in [3.63, 3.8) is 0 Å². The minimum Gasteiger partial charge on any atom is -0.461 e. The number of nitrogens with two attached hydrogens (primary N) is 1. The molecule has 1 saturated heterocycles. The summed E-state index contributed by atoms with van der Waals surface area (Å²) in [6, 6.07) is 6.99. The van der Waals surface area contributed by atoms with Crippen molar-refractivity contribution in [2.75, 3.05) is 31.9 Å². The number of carbonyl (C=O) groups is 1. The zero-order chi connectivity index (χ0) is 19.8. The quantitative estimate of drug-likeness (QED) is 0.554. The van der Waals surface area contributed by atoms with E-state index in [1.165, 1.54) is 10.8 Å². The number of furan rings is 2. The molecule has 0 spiro atoms. The van der Waals surface area contributed by atoms with Gasteiger partial charge in [0.15, 0.2) is 17.2 Å². The number of fused-ring (bicyclic) bond motifs is 1. The predicted octanol–water partition coefficient (Wildman–Crippen LogP) is 1.52. The Hall–Kier alpha value is -3.66. The van der Waals surface area contributed by atoms with E-state index in [4.69, 9.17) is 14.6 Å². The minimum absolute atomic E-state index is 0.0771. The summed E-state index contributed by atoms with van der Waals surface area (Å²) in [5.41, 5.74) is 7.54. The lowest BCUT2D eigenvalue weighted by atomic mass is 10.2. The van der Waals surface area contributed by atoms with Gasteiger partial charge in [-0.2, -0.15) is 4.52 Å². The molecule has 0 atom stereocenters. The molecule has 2 N–H and O–H groups in total. The van der Waals surface area contributed by atoms with Gasteiger partial charge in [0, 0.05) is 44.5 Å². The van der Waals surface area contributed by atoms with Crippen LogP contribution in [0.15, 0.2) is 51.8 Å². The molecule has 1 fully saturated rings. The fraction of sp³-hybridized carbons (Fsp3) is 0.263. The van der Waals surface area contributed by atoms with Crippen molar-refractivity contribution in [3.05, 3.63) is 54.3 Å². The van der Waals surface area contributed by atoms with Crippen LogP contribution in [0.2, 0.25) is 0 Å². The van der Waals surface area contributed by atoms with E-state index >= 15 is 0 Å². The molecule has 1 aliphatic rings. The number of nitrogen functional groups attached to an aromatic ring is 1. The third-order valence-corrected chi connectivity index (χ3v) is 4.99. The van der Waals surface area contributed by atoms with E-state index in [0.717, 1.165) is 18.7 Å². The highest BCUT2D eigenvalue weighted by molar-refractivity contribution is 5.91. The van der Waals surface area contributed by atoms with Gasteiger partial charge in [-0.3, -0.25) is 9.69 Å². The van der Waals surface area contributed by atoms with E-state index < -0.39 is 0 Å². The van der Waals surface area contributed by atoms with Gasteiger partial charge in [-0.25, -0.2) is 9.97 Å². The van der Waals surface area contributed by atoms with Gasteiger partial charge >= 0.3 is 0 Å². The summed E-state index contributed by atoms with van der Waals surface area (Å²) >= 11 is 0. The van der Waals surface area contributed by atoms with Gasteiger partial charge in [-0.05, 0) is 24.3 Å². The molecule has 1 amide bonds. The summed E-state index contributed by atoms with van der Waals surface area (Å²) < 4.78 is 12.1. The van der Waals surface area contributed by atoms with Crippen molar-refractivity contribution < 1.29 is 13.6 Å². The third-order valence-electron chi connectivity index (χ3n) is 4.99. The van der Waals surface area contributed by atoms with Crippen LogP contribution in [-0.4, -0.2) is 61.5 Å². The number of carbonyl (C=O) groups excluding carboxylic acids is 1. The number of rotatable bonds is 4. The van der Waals surface area contributed by atoms with Gasteiger partial charge in [0.05, 0.1) is 12.5 Å². The van der Waals surface area contributed by atoms with Gasteiger partial charge < -0.3 is 19.5 Å². The molecule has 0 aromatic carbocycles. The molecule has 4 aromatic rings. The lowest BCUT2D eigenvalue weighted by Gasteiger charge is -2.34. The van der Waals surface area contributed by atoms with E-state index in [9.17, 15) is 4.79 Å². The Bertz CT molecular complexity index is 1130. The monoisotopic (exact) mass is 393 g/mol. The Balaban J connectivity index is 1.32. The Morgan fingerprint density at radius 2 is 1.90 bits per heavy atom. The third kappa shape index (κ3) is 3.23. The highest BCUT2D eigenvalue weighted by atomic mass is 16.3. The Kier molecular flexibility index (Phi) is 4.24. The first-order valence-electron chi connectivity index (χ1n) is 9.28. The maximum atomic E-state index is 12.4. The van der Waals surface area contributed by atoms with Crippen LogP contribution in [0.1, 0.15) is 16.1 Å². The Morgan fingerprint density at radius 3 is 2.62 bits per heavy atom. The molecule has 1 aliphatic heterocycles. The van der Waals surface area contributed by atoms with Crippen molar-refractivity contribution in [2.45, 2.75) is 6.54 Å². The molecule has 10 heteroatoms. The SMILES string of the molecule is Nc1ncc(CN2CCN(C(=O)c3ccco3)CC2)c2nc(-c3ccco3)nn12. The molecule has 29 heavy (non-hydrogen) atoms. The largest absolute Gasteiger partial charge is 0.461 e. The molecule has 5 heterocycles. The molecular weight excluding hydrogens is 374 g/mol. The lowest BCUT2D eigenvalue weighted by Crippen LogP contribution is -2.48. The predicted molar refractivity (Wildman–Crippen MR) is 103 cm³/mol. The fourth-order valence-electron chi connectivity index (χ4n) is 3.46. The van der Waals surface area contributed by atoms with Crippen LogP contribution in [0, 0.1) is 0 Å². The average Bonchev–Trinajstić information content (AvgIpc) is 3.50. The smallest absolute Gasteiger partial charge is 0.289 e. The second kappa shape index (κ2) is 7.06. The standard InChI is InChI=1S/C19H19N7O3/c20-19-21-11-13(17-22-16(23-26(17)19)14-3-1-9-28-14)12-24-5-7-25(8-6-24)18(27)15-4-2-10-29-15/h1-4,9-11H,5-8,12H2,(H2,20,21). The number of nitrogens with zero attached hydrogens (tertiary/aromatic N) is 6. The molecule has 0 unspecified atom stereocenters.